The number of aryl methyl sites for hydroxylation is 1. The SMILES string of the molecule is CNC(=O)[C@@H](NC(=O)Cc1cccc(C)c1Cl)C(C)C. The van der Waals surface area contributed by atoms with Crippen LogP contribution in [-0.2, 0) is 16.0 Å². The first kappa shape index (κ1) is 16.5. The van der Waals surface area contributed by atoms with E-state index in [4.69, 9.17) is 11.6 Å². The minimum Gasteiger partial charge on any atom is -0.357 e. The molecule has 4 nitrogen and oxygen atoms in total. The summed E-state index contributed by atoms with van der Waals surface area (Å²) < 4.78 is 0. The number of hydrogen-bond acceptors (Lipinski definition) is 2. The van der Waals surface area contributed by atoms with Crippen LogP contribution in [0.5, 0.6) is 0 Å². The van der Waals surface area contributed by atoms with E-state index in [-0.39, 0.29) is 24.2 Å². The van der Waals surface area contributed by atoms with Crippen LogP contribution in [0.1, 0.15) is 25.0 Å². The van der Waals surface area contributed by atoms with E-state index in [1.165, 1.54) is 0 Å². The fraction of sp³-hybridized carbons (Fsp3) is 0.467. The summed E-state index contributed by atoms with van der Waals surface area (Å²) in [4.78, 5) is 23.8. The fourth-order valence-electron chi connectivity index (χ4n) is 1.93. The number of carbonyl (C=O) groups is 2. The summed E-state index contributed by atoms with van der Waals surface area (Å²) in [5.41, 5.74) is 1.70. The number of benzene rings is 1. The Morgan fingerprint density at radius 1 is 1.30 bits per heavy atom. The predicted molar refractivity (Wildman–Crippen MR) is 80.7 cm³/mol. The molecule has 0 aromatic heterocycles. The third-order valence-corrected chi connectivity index (χ3v) is 3.68. The van der Waals surface area contributed by atoms with Crippen molar-refractivity contribution in [1.82, 2.24) is 10.6 Å². The van der Waals surface area contributed by atoms with Crippen molar-refractivity contribution in [3.63, 3.8) is 0 Å². The third kappa shape index (κ3) is 4.23. The molecule has 5 heteroatoms. The van der Waals surface area contributed by atoms with Crippen molar-refractivity contribution in [3.8, 4) is 0 Å². The number of amides is 2. The van der Waals surface area contributed by atoms with Gasteiger partial charge in [0.1, 0.15) is 6.04 Å². The zero-order valence-electron chi connectivity index (χ0n) is 12.3. The highest BCUT2D eigenvalue weighted by atomic mass is 35.5. The van der Waals surface area contributed by atoms with Gasteiger partial charge in [-0.3, -0.25) is 9.59 Å². The number of rotatable bonds is 5. The van der Waals surface area contributed by atoms with Gasteiger partial charge in [-0.05, 0) is 24.0 Å². The van der Waals surface area contributed by atoms with Gasteiger partial charge in [-0.15, -0.1) is 0 Å². The first-order valence-corrected chi connectivity index (χ1v) is 6.99. The van der Waals surface area contributed by atoms with Crippen molar-refractivity contribution >= 4 is 23.4 Å². The van der Waals surface area contributed by atoms with Crippen molar-refractivity contribution < 1.29 is 9.59 Å². The maximum atomic E-state index is 12.1. The molecule has 0 aliphatic heterocycles. The minimum absolute atomic E-state index is 0.0203. The van der Waals surface area contributed by atoms with Crippen LogP contribution >= 0.6 is 11.6 Å². The van der Waals surface area contributed by atoms with Crippen LogP contribution in [0, 0.1) is 12.8 Å². The Morgan fingerprint density at radius 3 is 2.50 bits per heavy atom. The van der Waals surface area contributed by atoms with Crippen LogP contribution in [0.25, 0.3) is 0 Å². The summed E-state index contributed by atoms with van der Waals surface area (Å²) in [6.07, 6.45) is 0.167. The molecule has 1 rings (SSSR count). The van der Waals surface area contributed by atoms with Crippen LogP contribution in [0.2, 0.25) is 5.02 Å². The second kappa shape index (κ2) is 7.29. The number of carbonyl (C=O) groups excluding carboxylic acids is 2. The normalized spacial score (nSPS) is 12.1. The Balaban J connectivity index is 2.76. The summed E-state index contributed by atoms with van der Waals surface area (Å²) in [5.74, 6) is -0.379. The average Bonchev–Trinajstić information content (AvgIpc) is 2.40. The van der Waals surface area contributed by atoms with Gasteiger partial charge in [-0.1, -0.05) is 43.6 Å². The Kier molecular flexibility index (Phi) is 6.02. The molecule has 2 N–H and O–H groups in total. The maximum absolute atomic E-state index is 12.1. The lowest BCUT2D eigenvalue weighted by Gasteiger charge is -2.20. The highest BCUT2D eigenvalue weighted by Crippen LogP contribution is 2.20. The van der Waals surface area contributed by atoms with Gasteiger partial charge in [0, 0.05) is 12.1 Å². The van der Waals surface area contributed by atoms with E-state index in [0.29, 0.717) is 5.02 Å². The topological polar surface area (TPSA) is 58.2 Å². The molecule has 0 heterocycles. The molecular weight excluding hydrogens is 276 g/mol. The smallest absolute Gasteiger partial charge is 0.242 e. The minimum atomic E-state index is -0.531. The van der Waals surface area contributed by atoms with Gasteiger partial charge in [0.15, 0.2) is 0 Å². The van der Waals surface area contributed by atoms with Crippen LogP contribution in [-0.4, -0.2) is 24.9 Å². The van der Waals surface area contributed by atoms with E-state index >= 15 is 0 Å². The molecule has 0 bridgehead atoms. The molecule has 2 amide bonds. The maximum Gasteiger partial charge on any atom is 0.242 e. The van der Waals surface area contributed by atoms with Crippen LogP contribution in [0.4, 0.5) is 0 Å². The molecule has 20 heavy (non-hydrogen) atoms. The number of hydrogen-bond donors (Lipinski definition) is 2. The molecule has 0 aliphatic carbocycles. The van der Waals surface area contributed by atoms with Gasteiger partial charge in [0.2, 0.25) is 11.8 Å². The molecular formula is C15H21ClN2O2. The van der Waals surface area contributed by atoms with Gasteiger partial charge in [0.05, 0.1) is 6.42 Å². The van der Waals surface area contributed by atoms with E-state index in [2.05, 4.69) is 10.6 Å². The molecule has 0 unspecified atom stereocenters. The molecule has 0 radical (unpaired) electrons. The van der Waals surface area contributed by atoms with E-state index < -0.39 is 6.04 Å². The summed E-state index contributed by atoms with van der Waals surface area (Å²) in [7, 11) is 1.56. The summed E-state index contributed by atoms with van der Waals surface area (Å²) in [6.45, 7) is 5.67. The van der Waals surface area contributed by atoms with Crippen LogP contribution in [0.3, 0.4) is 0 Å². The Morgan fingerprint density at radius 2 is 1.95 bits per heavy atom. The first-order chi connectivity index (χ1) is 9.36. The number of halogens is 1. The van der Waals surface area contributed by atoms with Gasteiger partial charge in [0.25, 0.3) is 0 Å². The molecule has 1 aromatic rings. The molecule has 0 fully saturated rings. The Bertz CT molecular complexity index is 501. The van der Waals surface area contributed by atoms with Crippen LogP contribution in [0.15, 0.2) is 18.2 Å². The third-order valence-electron chi connectivity index (χ3n) is 3.13. The van der Waals surface area contributed by atoms with E-state index in [1.807, 2.05) is 39.0 Å². The highest BCUT2D eigenvalue weighted by molar-refractivity contribution is 6.32. The summed E-state index contributed by atoms with van der Waals surface area (Å²) in [5, 5.41) is 5.91. The number of likely N-dealkylation sites (N-methyl/N-ethyl adjacent to an activating group) is 1. The van der Waals surface area contributed by atoms with Gasteiger partial charge >= 0.3 is 0 Å². The predicted octanol–water partition coefficient (Wildman–Crippen LogP) is 2.08. The van der Waals surface area contributed by atoms with E-state index in [1.54, 1.807) is 7.05 Å². The Hall–Kier alpha value is -1.55. The van der Waals surface area contributed by atoms with Crippen molar-refractivity contribution in [2.75, 3.05) is 7.05 Å². The van der Waals surface area contributed by atoms with Gasteiger partial charge < -0.3 is 10.6 Å². The molecule has 0 spiro atoms. The highest BCUT2D eigenvalue weighted by Gasteiger charge is 2.23. The fourth-order valence-corrected chi connectivity index (χ4v) is 2.13. The Labute approximate surface area is 124 Å². The molecule has 0 saturated heterocycles. The van der Waals surface area contributed by atoms with Crippen molar-refractivity contribution in [1.29, 1.82) is 0 Å². The largest absolute Gasteiger partial charge is 0.357 e. The standard InChI is InChI=1S/C15H21ClN2O2/c1-9(2)14(15(20)17-4)18-12(19)8-11-7-5-6-10(3)13(11)16/h5-7,9,14H,8H2,1-4H3,(H,17,20)(H,18,19)/t14-/m0/s1. The van der Waals surface area contributed by atoms with E-state index in [9.17, 15) is 9.59 Å². The van der Waals surface area contributed by atoms with Crippen molar-refractivity contribution in [2.45, 2.75) is 33.2 Å². The number of nitrogens with one attached hydrogen (secondary N) is 2. The van der Waals surface area contributed by atoms with Gasteiger partial charge in [-0.2, -0.15) is 0 Å². The monoisotopic (exact) mass is 296 g/mol. The summed E-state index contributed by atoms with van der Waals surface area (Å²) >= 11 is 6.17. The second-order valence-corrected chi connectivity index (χ2v) is 5.51. The molecule has 0 aliphatic rings. The van der Waals surface area contributed by atoms with Crippen molar-refractivity contribution in [2.24, 2.45) is 5.92 Å². The molecule has 110 valence electrons. The quantitative estimate of drug-likeness (QED) is 0.874. The summed E-state index contributed by atoms with van der Waals surface area (Å²) in [6, 6.07) is 5.04. The average molecular weight is 297 g/mol. The second-order valence-electron chi connectivity index (χ2n) is 5.13. The lowest BCUT2D eigenvalue weighted by molar-refractivity contribution is -0.129. The first-order valence-electron chi connectivity index (χ1n) is 6.61. The lowest BCUT2D eigenvalue weighted by Crippen LogP contribution is -2.49. The van der Waals surface area contributed by atoms with Crippen molar-refractivity contribution in [3.05, 3.63) is 34.3 Å². The zero-order valence-corrected chi connectivity index (χ0v) is 13.0. The van der Waals surface area contributed by atoms with E-state index in [0.717, 1.165) is 11.1 Å². The van der Waals surface area contributed by atoms with Gasteiger partial charge in [-0.25, -0.2) is 0 Å². The van der Waals surface area contributed by atoms with Crippen LogP contribution < -0.4 is 10.6 Å². The lowest BCUT2D eigenvalue weighted by atomic mass is 10.0. The zero-order chi connectivity index (χ0) is 15.3. The molecule has 1 atom stereocenters. The molecule has 0 saturated carbocycles. The molecule has 1 aromatic carbocycles.